The summed E-state index contributed by atoms with van der Waals surface area (Å²) in [6.45, 7) is 2.60. The second kappa shape index (κ2) is 6.70. The monoisotopic (exact) mass is 330 g/mol. The predicted octanol–water partition coefficient (Wildman–Crippen LogP) is -1.27. The number of halogens is 1. The van der Waals surface area contributed by atoms with Gasteiger partial charge in [0.2, 0.25) is 0 Å². The predicted molar refractivity (Wildman–Crippen MR) is 67.7 cm³/mol. The van der Waals surface area contributed by atoms with Crippen LogP contribution in [0.15, 0.2) is 24.3 Å². The Balaban J connectivity index is 0.00000162. The van der Waals surface area contributed by atoms with Crippen LogP contribution in [0.25, 0.3) is 10.2 Å². The van der Waals surface area contributed by atoms with E-state index in [9.17, 15) is 4.79 Å². The highest BCUT2D eigenvalue weighted by Gasteiger charge is 2.18. The van der Waals surface area contributed by atoms with Gasteiger partial charge in [0, 0.05) is 0 Å². The van der Waals surface area contributed by atoms with Crippen LogP contribution >= 0.6 is 11.3 Å². The molecule has 2 rings (SSSR count). The number of nitrogens with two attached hydrogens (primary N) is 1. The molecule has 4 nitrogen and oxygen atoms in total. The van der Waals surface area contributed by atoms with Crippen molar-refractivity contribution in [2.75, 3.05) is 12.3 Å². The second-order valence-electron chi connectivity index (χ2n) is 3.71. The van der Waals surface area contributed by atoms with Gasteiger partial charge in [-0.05, 0) is 29.9 Å². The Morgan fingerprint density at radius 1 is 1.44 bits per heavy atom. The Morgan fingerprint density at radius 2 is 2.17 bits per heavy atom. The van der Waals surface area contributed by atoms with Gasteiger partial charge in [0.25, 0.3) is 0 Å². The van der Waals surface area contributed by atoms with E-state index in [0.717, 1.165) is 16.6 Å². The van der Waals surface area contributed by atoms with Gasteiger partial charge in [0.15, 0.2) is 6.54 Å². The molecule has 0 aliphatic carbocycles. The lowest BCUT2D eigenvalue weighted by molar-refractivity contribution is -0.641. The van der Waals surface area contributed by atoms with Crippen LogP contribution in [-0.4, -0.2) is 12.6 Å². The zero-order valence-electron chi connectivity index (χ0n) is 10.1. The second-order valence-corrected chi connectivity index (χ2v) is 4.78. The summed E-state index contributed by atoms with van der Waals surface area (Å²) in [5, 5.41) is 0.625. The van der Waals surface area contributed by atoms with E-state index < -0.39 is 0 Å². The summed E-state index contributed by atoms with van der Waals surface area (Å²) < 4.78 is 7.92. The average molecular weight is 331 g/mol. The number of para-hydroxylation sites is 1. The molecule has 0 saturated heterocycles. The number of nitrogens with zero attached hydrogens (tertiary/aromatic N) is 1. The molecule has 0 amide bonds. The first kappa shape index (κ1) is 14.9. The number of thiazole rings is 1. The number of rotatable bonds is 4. The van der Waals surface area contributed by atoms with Gasteiger partial charge in [-0.15, -0.1) is 0 Å². The van der Waals surface area contributed by atoms with Crippen molar-refractivity contribution in [2.45, 2.75) is 19.9 Å². The van der Waals surface area contributed by atoms with Crippen LogP contribution in [0.2, 0.25) is 0 Å². The van der Waals surface area contributed by atoms with E-state index in [0.29, 0.717) is 11.7 Å². The summed E-state index contributed by atoms with van der Waals surface area (Å²) in [7, 11) is 0. The Labute approximate surface area is 120 Å². The molecule has 1 aromatic heterocycles. The normalized spacial score (nSPS) is 10.1. The molecule has 6 heteroatoms. The summed E-state index contributed by atoms with van der Waals surface area (Å²) in [4.78, 5) is 11.6. The molecule has 0 spiro atoms. The maximum absolute atomic E-state index is 11.6. The van der Waals surface area contributed by atoms with Gasteiger partial charge in [-0.25, -0.2) is 9.36 Å². The van der Waals surface area contributed by atoms with Crippen LogP contribution in [0, 0.1) is 0 Å². The molecular formula is C12H15BrN2O2S. The number of carbonyl (C=O) groups is 1. The molecule has 0 aliphatic rings. The van der Waals surface area contributed by atoms with Crippen molar-refractivity contribution in [1.29, 1.82) is 0 Å². The van der Waals surface area contributed by atoms with Crippen LogP contribution in [0.3, 0.4) is 0 Å². The Morgan fingerprint density at radius 3 is 2.89 bits per heavy atom. The summed E-state index contributed by atoms with van der Waals surface area (Å²) in [6.07, 6.45) is 0.830. The van der Waals surface area contributed by atoms with E-state index in [1.54, 1.807) is 4.57 Å². The number of hydrogen-bond donors (Lipinski definition) is 1. The third-order valence-corrected chi connectivity index (χ3v) is 3.39. The zero-order valence-corrected chi connectivity index (χ0v) is 12.5. The van der Waals surface area contributed by atoms with Crippen molar-refractivity contribution < 1.29 is 31.1 Å². The highest BCUT2D eigenvalue weighted by Crippen LogP contribution is 2.21. The van der Waals surface area contributed by atoms with Crippen LogP contribution in [-0.2, 0) is 16.1 Å². The number of aromatic nitrogens is 1. The van der Waals surface area contributed by atoms with Gasteiger partial charge >= 0.3 is 11.1 Å². The lowest BCUT2D eigenvalue weighted by Gasteiger charge is -2.01. The van der Waals surface area contributed by atoms with Crippen molar-refractivity contribution in [2.24, 2.45) is 0 Å². The fraction of sp³-hybridized carbons (Fsp3) is 0.333. The lowest BCUT2D eigenvalue weighted by Crippen LogP contribution is -3.00. The van der Waals surface area contributed by atoms with Gasteiger partial charge in [-0.3, -0.25) is 5.73 Å². The Kier molecular flexibility index (Phi) is 5.55. The summed E-state index contributed by atoms with van der Waals surface area (Å²) in [5.41, 5.74) is 6.88. The van der Waals surface area contributed by atoms with Crippen molar-refractivity contribution in [3.8, 4) is 0 Å². The third-order valence-electron chi connectivity index (χ3n) is 2.39. The molecule has 2 aromatic rings. The summed E-state index contributed by atoms with van der Waals surface area (Å²) >= 11 is 1.48. The molecular weight excluding hydrogens is 316 g/mol. The largest absolute Gasteiger partial charge is 1.00 e. The number of esters is 1. The number of benzene rings is 1. The minimum atomic E-state index is -0.243. The van der Waals surface area contributed by atoms with Crippen LogP contribution in [0.1, 0.15) is 13.3 Å². The molecule has 18 heavy (non-hydrogen) atoms. The third kappa shape index (κ3) is 3.20. The molecule has 1 aromatic carbocycles. The first-order valence-corrected chi connectivity index (χ1v) is 6.36. The van der Waals surface area contributed by atoms with Crippen LogP contribution < -0.4 is 27.3 Å². The number of carbonyl (C=O) groups excluding carboxylic acids is 1. The molecule has 98 valence electrons. The number of hydrogen-bond acceptors (Lipinski definition) is 4. The highest BCUT2D eigenvalue weighted by atomic mass is 79.9. The summed E-state index contributed by atoms with van der Waals surface area (Å²) in [6, 6.07) is 7.83. The number of anilines is 1. The van der Waals surface area contributed by atoms with Crippen molar-refractivity contribution in [1.82, 2.24) is 0 Å². The number of fused-ring (bicyclic) bond motifs is 1. The molecule has 1 heterocycles. The standard InChI is InChI=1S/C12H14N2O2S.BrH/c1-2-7-16-11(15)8-14-9-5-3-4-6-10(9)17-12(14)13;/h3-6,13H,2,7-8H2,1H3;1H. The van der Waals surface area contributed by atoms with Crippen molar-refractivity contribution in [3.05, 3.63) is 24.3 Å². The van der Waals surface area contributed by atoms with E-state index >= 15 is 0 Å². The highest BCUT2D eigenvalue weighted by molar-refractivity contribution is 7.21. The number of nitrogen functional groups attached to an aromatic ring is 1. The number of ether oxygens (including phenoxy) is 1. The van der Waals surface area contributed by atoms with Crippen molar-refractivity contribution >= 4 is 32.7 Å². The average Bonchev–Trinajstić information content (AvgIpc) is 2.64. The van der Waals surface area contributed by atoms with E-state index in [2.05, 4.69) is 0 Å². The van der Waals surface area contributed by atoms with E-state index in [4.69, 9.17) is 10.5 Å². The molecule has 0 aliphatic heterocycles. The Bertz CT molecular complexity index is 542. The van der Waals surface area contributed by atoms with Crippen molar-refractivity contribution in [3.63, 3.8) is 0 Å². The van der Waals surface area contributed by atoms with Gasteiger partial charge in [0.05, 0.1) is 11.3 Å². The molecule has 0 unspecified atom stereocenters. The molecule has 0 fully saturated rings. The molecule has 0 saturated carbocycles. The SMILES string of the molecule is CCCOC(=O)C[n+]1c(N)sc2ccccc21.[Br-]. The zero-order chi connectivity index (χ0) is 12.3. The first-order valence-electron chi connectivity index (χ1n) is 5.55. The molecule has 0 atom stereocenters. The molecule has 2 N–H and O–H groups in total. The Hall–Kier alpha value is -1.14. The van der Waals surface area contributed by atoms with Gasteiger partial charge in [0.1, 0.15) is 5.52 Å². The van der Waals surface area contributed by atoms with Gasteiger partial charge in [-0.1, -0.05) is 19.1 Å². The van der Waals surface area contributed by atoms with Gasteiger partial charge in [-0.2, -0.15) is 0 Å². The van der Waals surface area contributed by atoms with E-state index in [-0.39, 0.29) is 29.5 Å². The van der Waals surface area contributed by atoms with Gasteiger partial charge < -0.3 is 21.7 Å². The molecule has 0 radical (unpaired) electrons. The fourth-order valence-corrected chi connectivity index (χ4v) is 2.53. The topological polar surface area (TPSA) is 56.2 Å². The smallest absolute Gasteiger partial charge is 0.348 e. The van der Waals surface area contributed by atoms with E-state index in [1.165, 1.54) is 11.3 Å². The van der Waals surface area contributed by atoms with Crippen LogP contribution in [0.4, 0.5) is 5.13 Å². The lowest BCUT2D eigenvalue weighted by atomic mass is 10.3. The minimum absolute atomic E-state index is 0. The van der Waals surface area contributed by atoms with E-state index in [1.807, 2.05) is 31.2 Å². The quantitative estimate of drug-likeness (QED) is 0.561. The van der Waals surface area contributed by atoms with Crippen LogP contribution in [0.5, 0.6) is 0 Å². The maximum atomic E-state index is 11.6. The minimum Gasteiger partial charge on any atom is -1.00 e. The first-order chi connectivity index (χ1) is 8.22. The molecule has 0 bridgehead atoms. The maximum Gasteiger partial charge on any atom is 0.348 e. The summed E-state index contributed by atoms with van der Waals surface area (Å²) in [5.74, 6) is -0.243. The fourth-order valence-electron chi connectivity index (χ4n) is 1.61.